The second kappa shape index (κ2) is 6.71. The summed E-state index contributed by atoms with van der Waals surface area (Å²) in [6, 6.07) is 9.96. The van der Waals surface area contributed by atoms with E-state index < -0.39 is 11.8 Å². The molecule has 0 heterocycles. The van der Waals surface area contributed by atoms with Gasteiger partial charge in [-0.15, -0.1) is 0 Å². The molecule has 0 atom stereocenters. The molecule has 0 fully saturated rings. The lowest BCUT2D eigenvalue weighted by atomic mass is 10.2. The summed E-state index contributed by atoms with van der Waals surface area (Å²) in [5.74, 6) is 0.458. The molecule has 2 aromatic rings. The average Bonchev–Trinajstić information content (AvgIpc) is 2.43. The second-order valence-electron chi connectivity index (χ2n) is 3.98. The maximum Gasteiger partial charge on any atom is 0.332 e. The van der Waals surface area contributed by atoms with Gasteiger partial charge in [-0.1, -0.05) is 11.6 Å². The molecule has 2 rings (SSSR count). The molecule has 0 unspecified atom stereocenters. The lowest BCUT2D eigenvalue weighted by Gasteiger charge is -2.07. The van der Waals surface area contributed by atoms with Crippen molar-refractivity contribution in [2.24, 2.45) is 10.8 Å². The van der Waals surface area contributed by atoms with Crippen LogP contribution in [0.5, 0.6) is 11.5 Å². The van der Waals surface area contributed by atoms with Crippen LogP contribution in [0.3, 0.4) is 0 Å². The van der Waals surface area contributed by atoms with Crippen LogP contribution in [0.4, 0.5) is 9.18 Å². The van der Waals surface area contributed by atoms with E-state index >= 15 is 0 Å². The van der Waals surface area contributed by atoms with E-state index in [2.05, 4.69) is 10.5 Å². The molecule has 21 heavy (non-hydrogen) atoms. The minimum atomic E-state index is -0.739. The molecule has 5 nitrogen and oxygen atoms in total. The fraction of sp³-hybridized carbons (Fsp3) is 0. The Bertz CT molecular complexity index is 674. The number of rotatable bonds is 4. The van der Waals surface area contributed by atoms with Gasteiger partial charge in [-0.25, -0.2) is 14.6 Å². The summed E-state index contributed by atoms with van der Waals surface area (Å²) in [7, 11) is 0. The van der Waals surface area contributed by atoms with Crippen molar-refractivity contribution in [2.75, 3.05) is 0 Å². The predicted molar refractivity (Wildman–Crippen MR) is 78.2 cm³/mol. The van der Waals surface area contributed by atoms with Crippen LogP contribution in [-0.4, -0.2) is 12.2 Å². The molecular weight excluding hydrogens is 297 g/mol. The third-order valence-corrected chi connectivity index (χ3v) is 2.69. The Morgan fingerprint density at radius 2 is 2.00 bits per heavy atom. The zero-order valence-electron chi connectivity index (χ0n) is 10.7. The highest BCUT2D eigenvalue weighted by molar-refractivity contribution is 6.32. The first-order chi connectivity index (χ1) is 10.0. The molecule has 2 amide bonds. The van der Waals surface area contributed by atoms with Crippen LogP contribution in [0.15, 0.2) is 47.6 Å². The number of hydrogen-bond acceptors (Lipinski definition) is 3. The number of nitrogens with one attached hydrogen (secondary N) is 1. The summed E-state index contributed by atoms with van der Waals surface area (Å²) in [6.07, 6.45) is 1.43. The van der Waals surface area contributed by atoms with Gasteiger partial charge in [0, 0.05) is 0 Å². The van der Waals surface area contributed by atoms with Crippen LogP contribution in [0.1, 0.15) is 5.56 Å². The van der Waals surface area contributed by atoms with E-state index in [1.165, 1.54) is 24.4 Å². The number of amides is 2. The molecule has 7 heteroatoms. The molecule has 0 aliphatic heterocycles. The predicted octanol–water partition coefficient (Wildman–Crippen LogP) is 3.27. The number of nitrogens with zero attached hydrogens (tertiary/aromatic N) is 1. The van der Waals surface area contributed by atoms with Crippen LogP contribution in [0, 0.1) is 5.82 Å². The highest BCUT2D eigenvalue weighted by Crippen LogP contribution is 2.29. The normalized spacial score (nSPS) is 10.6. The highest BCUT2D eigenvalue weighted by Gasteiger charge is 2.04. The molecule has 0 saturated heterocycles. The minimum absolute atomic E-state index is 0.186. The number of benzene rings is 2. The van der Waals surface area contributed by atoms with E-state index in [9.17, 15) is 9.18 Å². The summed E-state index contributed by atoms with van der Waals surface area (Å²) >= 11 is 5.87. The third-order valence-electron chi connectivity index (χ3n) is 2.39. The van der Waals surface area contributed by atoms with Crippen molar-refractivity contribution in [1.82, 2.24) is 5.43 Å². The van der Waals surface area contributed by atoms with E-state index in [-0.39, 0.29) is 5.02 Å². The zero-order valence-corrected chi connectivity index (χ0v) is 11.5. The molecule has 0 spiro atoms. The summed E-state index contributed by atoms with van der Waals surface area (Å²) in [4.78, 5) is 10.4. The molecule has 0 aliphatic carbocycles. The van der Waals surface area contributed by atoms with Gasteiger partial charge in [-0.3, -0.25) is 0 Å². The molecule has 0 bridgehead atoms. The molecule has 108 valence electrons. The van der Waals surface area contributed by atoms with Gasteiger partial charge in [0.15, 0.2) is 0 Å². The first-order valence-electron chi connectivity index (χ1n) is 5.86. The smallest absolute Gasteiger partial charge is 0.332 e. The van der Waals surface area contributed by atoms with Crippen LogP contribution in [-0.2, 0) is 0 Å². The molecule has 0 aliphatic rings. The molecular formula is C14H11ClFN3O2. The lowest BCUT2D eigenvalue weighted by molar-refractivity contribution is 0.249. The van der Waals surface area contributed by atoms with Crippen molar-refractivity contribution in [3.05, 3.63) is 58.9 Å². The van der Waals surface area contributed by atoms with Crippen molar-refractivity contribution in [3.8, 4) is 11.5 Å². The van der Waals surface area contributed by atoms with E-state index in [4.69, 9.17) is 22.1 Å². The number of carbonyl (C=O) groups excluding carboxylic acids is 1. The fourth-order valence-electron chi connectivity index (χ4n) is 1.48. The van der Waals surface area contributed by atoms with E-state index in [0.29, 0.717) is 11.5 Å². The van der Waals surface area contributed by atoms with Crippen molar-refractivity contribution < 1.29 is 13.9 Å². The number of hydrazone groups is 1. The van der Waals surface area contributed by atoms with Gasteiger partial charge >= 0.3 is 6.03 Å². The van der Waals surface area contributed by atoms with Gasteiger partial charge in [-0.05, 0) is 48.0 Å². The monoisotopic (exact) mass is 307 g/mol. The van der Waals surface area contributed by atoms with Crippen molar-refractivity contribution in [3.63, 3.8) is 0 Å². The van der Waals surface area contributed by atoms with E-state index in [1.807, 2.05) is 0 Å². The Morgan fingerprint density at radius 1 is 1.29 bits per heavy atom. The number of halogens is 2. The molecule has 0 saturated carbocycles. The van der Waals surface area contributed by atoms with Gasteiger partial charge in [0.2, 0.25) is 0 Å². The number of primary amides is 1. The third kappa shape index (κ3) is 4.47. The standard InChI is InChI=1S/C14H11ClFN3O2/c15-12-7-10(16)3-6-13(12)21-11-4-1-9(2-5-11)8-18-19-14(17)20/h1-8H,(H3,17,19,20)/b18-8+. The highest BCUT2D eigenvalue weighted by atomic mass is 35.5. The Balaban J connectivity index is 2.05. The van der Waals surface area contributed by atoms with Gasteiger partial charge in [0.1, 0.15) is 17.3 Å². The van der Waals surface area contributed by atoms with Gasteiger partial charge in [0.25, 0.3) is 0 Å². The second-order valence-corrected chi connectivity index (χ2v) is 4.39. The van der Waals surface area contributed by atoms with Gasteiger partial charge in [0.05, 0.1) is 11.2 Å². The summed E-state index contributed by atoms with van der Waals surface area (Å²) in [5.41, 5.74) is 7.69. The maximum absolute atomic E-state index is 12.9. The van der Waals surface area contributed by atoms with Crippen LogP contribution in [0.2, 0.25) is 5.02 Å². The fourth-order valence-corrected chi connectivity index (χ4v) is 1.68. The van der Waals surface area contributed by atoms with Gasteiger partial charge in [-0.2, -0.15) is 5.10 Å². The van der Waals surface area contributed by atoms with E-state index in [1.54, 1.807) is 24.3 Å². The number of hydrogen-bond donors (Lipinski definition) is 2. The quantitative estimate of drug-likeness (QED) is 0.672. The minimum Gasteiger partial charge on any atom is -0.456 e. The van der Waals surface area contributed by atoms with Crippen molar-refractivity contribution >= 4 is 23.8 Å². The number of nitrogens with two attached hydrogens (primary N) is 1. The van der Waals surface area contributed by atoms with Crippen LogP contribution in [0.25, 0.3) is 0 Å². The Kier molecular flexibility index (Phi) is 4.73. The largest absolute Gasteiger partial charge is 0.456 e. The average molecular weight is 308 g/mol. The topological polar surface area (TPSA) is 76.7 Å². The first kappa shape index (κ1) is 14.8. The Hall–Kier alpha value is -2.60. The van der Waals surface area contributed by atoms with Crippen LogP contribution < -0.4 is 15.9 Å². The van der Waals surface area contributed by atoms with Crippen LogP contribution >= 0.6 is 11.6 Å². The van der Waals surface area contributed by atoms with E-state index in [0.717, 1.165) is 5.56 Å². The lowest BCUT2D eigenvalue weighted by Crippen LogP contribution is -2.24. The zero-order chi connectivity index (χ0) is 15.2. The maximum atomic E-state index is 12.9. The molecule has 3 N–H and O–H groups in total. The SMILES string of the molecule is NC(=O)N/N=C/c1ccc(Oc2ccc(F)cc2Cl)cc1. The summed E-state index contributed by atoms with van der Waals surface area (Å²) in [6.45, 7) is 0. The number of carbonyl (C=O) groups is 1. The summed E-state index contributed by atoms with van der Waals surface area (Å²) in [5, 5.41) is 3.81. The molecule has 0 aromatic heterocycles. The Labute approximate surface area is 125 Å². The number of ether oxygens (including phenoxy) is 1. The first-order valence-corrected chi connectivity index (χ1v) is 6.24. The van der Waals surface area contributed by atoms with Crippen molar-refractivity contribution in [1.29, 1.82) is 0 Å². The molecule has 2 aromatic carbocycles. The van der Waals surface area contributed by atoms with Gasteiger partial charge < -0.3 is 10.5 Å². The number of urea groups is 1. The Morgan fingerprint density at radius 3 is 2.62 bits per heavy atom. The summed E-state index contributed by atoms with van der Waals surface area (Å²) < 4.78 is 18.4. The van der Waals surface area contributed by atoms with Crippen molar-refractivity contribution in [2.45, 2.75) is 0 Å². The molecule has 0 radical (unpaired) electrons.